The van der Waals surface area contributed by atoms with Crippen LogP contribution in [0.5, 0.6) is 0 Å². The summed E-state index contributed by atoms with van der Waals surface area (Å²) >= 11 is 8.40. The van der Waals surface area contributed by atoms with Crippen molar-refractivity contribution in [2.24, 2.45) is 5.92 Å². The van der Waals surface area contributed by atoms with Crippen LogP contribution in [0.3, 0.4) is 0 Å². The maximum absolute atomic E-state index is 8.92. The Kier molecular flexibility index (Phi) is 37.6. The highest BCUT2D eigenvalue weighted by molar-refractivity contribution is 8.04. The van der Waals surface area contributed by atoms with Crippen molar-refractivity contribution >= 4 is 48.8 Å². The molecule has 0 aromatic rings. The van der Waals surface area contributed by atoms with Gasteiger partial charge in [-0.15, -0.1) is 0 Å². The van der Waals surface area contributed by atoms with E-state index in [1.165, 1.54) is 5.75 Å². The van der Waals surface area contributed by atoms with E-state index in [-0.39, 0.29) is 0 Å². The molecule has 0 aliphatic carbocycles. The molecule has 130 valence electrons. The summed E-state index contributed by atoms with van der Waals surface area (Å²) in [5, 5.41) is 0. The number of hydrogen-bond acceptors (Lipinski definition) is 9. The first-order chi connectivity index (χ1) is 8.65. The predicted molar refractivity (Wildman–Crippen MR) is 84.5 cm³/mol. The second-order valence-electron chi connectivity index (χ2n) is 3.20. The lowest BCUT2D eigenvalue weighted by atomic mass is 10.3. The normalized spacial score (nSPS) is 9.50. The van der Waals surface area contributed by atoms with Crippen LogP contribution >= 0.6 is 25.2 Å². The zero-order valence-electron chi connectivity index (χ0n) is 12.9. The summed E-state index contributed by atoms with van der Waals surface area (Å²) < 4.78 is 0. The standard InChI is InChI=1S/C4H10.C3H8S.C2H6.2H3O3PS/c1-4(2)3;1-3-4-2;1-2;2*1-4(2,3)5/h4H,1-3H3;3H2,1-2H3;1-2H3;2*(H3,1,2,3,5)/p-6. The molecule has 0 saturated carbocycles. The number of thioether (sulfide) groups is 1. The Labute approximate surface area is 137 Å². The Morgan fingerprint density at radius 3 is 0.900 bits per heavy atom. The van der Waals surface area contributed by atoms with Crippen molar-refractivity contribution in [3.8, 4) is 0 Å². The maximum atomic E-state index is 8.92. The van der Waals surface area contributed by atoms with Crippen LogP contribution < -0.4 is 29.4 Å². The van der Waals surface area contributed by atoms with E-state index < -0.39 is 13.4 Å². The third kappa shape index (κ3) is 1130. The van der Waals surface area contributed by atoms with E-state index in [2.05, 4.69) is 57.6 Å². The minimum absolute atomic E-state index is 0.833. The molecule has 0 aromatic carbocycles. The van der Waals surface area contributed by atoms with Crippen molar-refractivity contribution in [2.75, 3.05) is 12.0 Å². The van der Waals surface area contributed by atoms with Gasteiger partial charge in [0.1, 0.15) is 0 Å². The molecular formula is C9H24O6P2S3-6. The Hall–Kier alpha value is 1.41. The first-order valence-corrected chi connectivity index (χ1v) is 12.1. The summed E-state index contributed by atoms with van der Waals surface area (Å²) in [4.78, 5) is 53.5. The number of rotatable bonds is 1. The molecule has 0 aliphatic heterocycles. The van der Waals surface area contributed by atoms with Gasteiger partial charge in [-0.25, -0.2) is 0 Å². The quantitative estimate of drug-likeness (QED) is 0.500. The molecule has 11 heteroatoms. The Balaban J connectivity index is -0.0000000482. The van der Waals surface area contributed by atoms with Gasteiger partial charge in [-0.1, -0.05) is 41.5 Å². The van der Waals surface area contributed by atoms with Gasteiger partial charge in [-0.05, 0) is 17.9 Å². The fourth-order valence-electron chi connectivity index (χ4n) is 0. The number of hydrogen-bond donors (Lipinski definition) is 0. The van der Waals surface area contributed by atoms with Crippen molar-refractivity contribution in [1.82, 2.24) is 0 Å². The summed E-state index contributed by atoms with van der Waals surface area (Å²) in [6.07, 6.45) is 2.10. The lowest BCUT2D eigenvalue weighted by Crippen LogP contribution is -2.23. The minimum atomic E-state index is -4.56. The lowest BCUT2D eigenvalue weighted by molar-refractivity contribution is -0.413. The van der Waals surface area contributed by atoms with E-state index in [1.807, 2.05) is 25.6 Å². The van der Waals surface area contributed by atoms with Crippen LogP contribution in [-0.4, -0.2) is 12.0 Å². The van der Waals surface area contributed by atoms with Crippen LogP contribution in [-0.2, 0) is 23.6 Å². The highest BCUT2D eigenvalue weighted by Gasteiger charge is 1.68. The zero-order chi connectivity index (χ0) is 18.0. The molecule has 0 amide bonds. The summed E-state index contributed by atoms with van der Waals surface area (Å²) in [5.74, 6) is 2.07. The van der Waals surface area contributed by atoms with Crippen molar-refractivity contribution in [2.45, 2.75) is 41.5 Å². The third-order valence-corrected chi connectivity index (χ3v) is 0.866. The van der Waals surface area contributed by atoms with Gasteiger partial charge in [0.15, 0.2) is 0 Å². The summed E-state index contributed by atoms with van der Waals surface area (Å²) in [6.45, 7) is 3.53. The Morgan fingerprint density at radius 1 is 0.850 bits per heavy atom. The Bertz CT molecular complexity index is 201. The zero-order valence-corrected chi connectivity index (χ0v) is 17.1. The molecule has 0 spiro atoms. The Morgan fingerprint density at radius 2 is 0.900 bits per heavy atom. The second-order valence-corrected chi connectivity index (χ2v) is 8.83. The van der Waals surface area contributed by atoms with Crippen LogP contribution in [0.4, 0.5) is 0 Å². The molecule has 0 aromatic heterocycles. The molecule has 0 aliphatic rings. The summed E-state index contributed by atoms with van der Waals surface area (Å²) in [6, 6.07) is 0. The largest absolute Gasteiger partial charge is 0.844 e. The van der Waals surface area contributed by atoms with E-state index in [4.69, 9.17) is 29.4 Å². The molecule has 0 unspecified atom stereocenters. The van der Waals surface area contributed by atoms with Crippen LogP contribution in [0.1, 0.15) is 41.5 Å². The SMILES string of the molecule is CC.CC(C)C.CCSC.[O-]P([O-])([O-])=S.[O-]P([O-])([O-])=S. The van der Waals surface area contributed by atoms with Gasteiger partial charge in [-0.3, -0.25) is 0 Å². The molecule has 0 N–H and O–H groups in total. The van der Waals surface area contributed by atoms with E-state index in [0.29, 0.717) is 0 Å². The first-order valence-electron chi connectivity index (χ1n) is 5.60. The van der Waals surface area contributed by atoms with Crippen molar-refractivity contribution in [3.05, 3.63) is 0 Å². The monoisotopic (exact) mass is 386 g/mol. The van der Waals surface area contributed by atoms with E-state index >= 15 is 0 Å². The average molecular weight is 386 g/mol. The fourth-order valence-corrected chi connectivity index (χ4v) is 0. The van der Waals surface area contributed by atoms with Gasteiger partial charge >= 0.3 is 0 Å². The highest BCUT2D eigenvalue weighted by Crippen LogP contribution is 2.04. The topological polar surface area (TPSA) is 138 Å². The lowest BCUT2D eigenvalue weighted by Gasteiger charge is -2.43. The first kappa shape index (κ1) is 33.1. The highest BCUT2D eigenvalue weighted by atomic mass is 32.5. The van der Waals surface area contributed by atoms with Crippen LogP contribution in [0.2, 0.25) is 0 Å². The molecule has 0 bridgehead atoms. The molecule has 0 heterocycles. The van der Waals surface area contributed by atoms with E-state index in [1.54, 1.807) is 0 Å². The molecule has 0 fully saturated rings. The smallest absolute Gasteiger partial charge is 0.00988 e. The molecular weight excluding hydrogens is 362 g/mol. The van der Waals surface area contributed by atoms with Gasteiger partial charge in [-0.2, -0.15) is 35.4 Å². The second kappa shape index (κ2) is 22.7. The van der Waals surface area contributed by atoms with Gasteiger partial charge in [0.05, 0.1) is 0 Å². The van der Waals surface area contributed by atoms with E-state index in [9.17, 15) is 0 Å². The molecule has 0 atom stereocenters. The van der Waals surface area contributed by atoms with Crippen LogP contribution in [0, 0.1) is 5.92 Å². The summed E-state index contributed by atoms with van der Waals surface area (Å²) in [7, 11) is 0. The van der Waals surface area contributed by atoms with Crippen LogP contribution in [0.25, 0.3) is 0 Å². The van der Waals surface area contributed by atoms with Crippen molar-refractivity contribution < 1.29 is 29.4 Å². The predicted octanol–water partition coefficient (Wildman–Crippen LogP) is -1.36. The minimum Gasteiger partial charge on any atom is -0.844 e. The average Bonchev–Trinajstić information content (AvgIpc) is 2.14. The van der Waals surface area contributed by atoms with Gasteiger partial charge in [0.2, 0.25) is 0 Å². The van der Waals surface area contributed by atoms with E-state index in [0.717, 1.165) is 5.92 Å². The molecule has 0 radical (unpaired) electrons. The van der Waals surface area contributed by atoms with Crippen molar-refractivity contribution in [1.29, 1.82) is 0 Å². The van der Waals surface area contributed by atoms with Gasteiger partial charge in [0, 0.05) is 0 Å². The molecule has 6 nitrogen and oxygen atoms in total. The van der Waals surface area contributed by atoms with Crippen LogP contribution in [0.15, 0.2) is 0 Å². The fraction of sp³-hybridized carbons (Fsp3) is 1.00. The third-order valence-electron chi connectivity index (χ3n) is 0.289. The van der Waals surface area contributed by atoms with Crippen molar-refractivity contribution in [3.63, 3.8) is 0 Å². The molecule has 0 saturated heterocycles. The summed E-state index contributed by atoms with van der Waals surface area (Å²) in [5.41, 5.74) is 0. The maximum Gasteiger partial charge on any atom is -0.00988 e. The molecule has 20 heavy (non-hydrogen) atoms. The van der Waals surface area contributed by atoms with Gasteiger partial charge in [0.25, 0.3) is 0 Å². The molecule has 0 rings (SSSR count). The van der Waals surface area contributed by atoms with Gasteiger partial charge < -0.3 is 42.8 Å².